The Morgan fingerprint density at radius 2 is 1.85 bits per heavy atom. The maximum Gasteiger partial charge on any atom is 0.407 e. The SMILES string of the molecule is COc1cccc(Cc2nc(C3(c4ccccc4)CCC(OC(=O)NCc4ccc(Cl)cc4Cl)CC3)no2)c1. The quantitative estimate of drug-likeness (QED) is 0.244. The van der Waals surface area contributed by atoms with Crippen LogP contribution in [0.1, 0.15) is 54.1 Å². The van der Waals surface area contributed by atoms with E-state index in [2.05, 4.69) is 22.6 Å². The third-order valence-electron chi connectivity index (χ3n) is 7.21. The monoisotopic (exact) mass is 565 g/mol. The van der Waals surface area contributed by atoms with E-state index in [-0.39, 0.29) is 12.6 Å². The molecule has 1 fully saturated rings. The molecule has 7 nitrogen and oxygen atoms in total. The summed E-state index contributed by atoms with van der Waals surface area (Å²) in [7, 11) is 1.65. The summed E-state index contributed by atoms with van der Waals surface area (Å²) in [6, 6.07) is 23.2. The van der Waals surface area contributed by atoms with Crippen molar-refractivity contribution < 1.29 is 18.8 Å². The second-order valence-corrected chi connectivity index (χ2v) is 10.5. The van der Waals surface area contributed by atoms with Crippen LogP contribution in [0.15, 0.2) is 77.3 Å². The standard InChI is InChI=1S/C30H29Cl2N3O4/c1-37-25-9-5-6-20(16-25)17-27-34-28(35-39-27)30(22-7-3-2-4-8-22)14-12-24(13-15-30)38-29(36)33-19-21-10-11-23(31)18-26(21)32/h2-11,16,18,24H,12-15,17,19H2,1H3,(H,33,36). The lowest BCUT2D eigenvalue weighted by Crippen LogP contribution is -2.38. The van der Waals surface area contributed by atoms with Gasteiger partial charge in [0.1, 0.15) is 11.9 Å². The second kappa shape index (κ2) is 12.1. The van der Waals surface area contributed by atoms with Gasteiger partial charge in [0.2, 0.25) is 5.89 Å². The van der Waals surface area contributed by atoms with Gasteiger partial charge >= 0.3 is 6.09 Å². The van der Waals surface area contributed by atoms with Gasteiger partial charge in [0.15, 0.2) is 5.82 Å². The molecule has 39 heavy (non-hydrogen) atoms. The number of benzene rings is 3. The molecule has 0 radical (unpaired) electrons. The van der Waals surface area contributed by atoms with E-state index in [1.807, 2.05) is 42.5 Å². The van der Waals surface area contributed by atoms with Gasteiger partial charge in [0.25, 0.3) is 0 Å². The second-order valence-electron chi connectivity index (χ2n) is 9.68. The maximum absolute atomic E-state index is 12.5. The third kappa shape index (κ3) is 6.37. The van der Waals surface area contributed by atoms with Gasteiger partial charge in [-0.3, -0.25) is 0 Å². The van der Waals surface area contributed by atoms with E-state index in [0.29, 0.717) is 41.0 Å². The van der Waals surface area contributed by atoms with Crippen molar-refractivity contribution in [3.8, 4) is 5.75 Å². The van der Waals surface area contributed by atoms with Crippen molar-refractivity contribution in [1.29, 1.82) is 0 Å². The Labute approximate surface area is 237 Å². The molecule has 1 aliphatic carbocycles. The molecule has 9 heteroatoms. The van der Waals surface area contributed by atoms with Gasteiger partial charge in [0, 0.05) is 16.6 Å². The van der Waals surface area contributed by atoms with E-state index in [9.17, 15) is 4.79 Å². The number of carbonyl (C=O) groups is 1. The molecule has 1 amide bonds. The summed E-state index contributed by atoms with van der Waals surface area (Å²) in [4.78, 5) is 17.4. The normalized spacial score (nSPS) is 18.9. The summed E-state index contributed by atoms with van der Waals surface area (Å²) in [5.74, 6) is 1.99. The highest BCUT2D eigenvalue weighted by Gasteiger charge is 2.43. The molecule has 5 rings (SSSR count). The van der Waals surface area contributed by atoms with E-state index < -0.39 is 11.5 Å². The smallest absolute Gasteiger partial charge is 0.407 e. The van der Waals surface area contributed by atoms with Gasteiger partial charge in [0.05, 0.1) is 18.9 Å². The molecular weight excluding hydrogens is 537 g/mol. The van der Waals surface area contributed by atoms with Crippen molar-refractivity contribution in [2.45, 2.75) is 50.2 Å². The van der Waals surface area contributed by atoms with Crippen LogP contribution in [0.4, 0.5) is 4.79 Å². The minimum absolute atomic E-state index is 0.217. The average molecular weight is 566 g/mol. The van der Waals surface area contributed by atoms with Crippen LogP contribution in [-0.4, -0.2) is 29.4 Å². The lowest BCUT2D eigenvalue weighted by molar-refractivity contribution is 0.0612. The highest BCUT2D eigenvalue weighted by molar-refractivity contribution is 6.35. The van der Waals surface area contributed by atoms with Crippen LogP contribution in [0.3, 0.4) is 0 Å². The largest absolute Gasteiger partial charge is 0.497 e. The molecule has 0 saturated heterocycles. The number of alkyl carbamates (subject to hydrolysis) is 1. The summed E-state index contributed by atoms with van der Waals surface area (Å²) in [5, 5.41) is 8.26. The molecule has 0 atom stereocenters. The lowest BCUT2D eigenvalue weighted by atomic mass is 9.68. The zero-order chi connectivity index (χ0) is 27.2. The van der Waals surface area contributed by atoms with Crippen LogP contribution < -0.4 is 10.1 Å². The molecule has 3 aromatic carbocycles. The predicted octanol–water partition coefficient (Wildman–Crippen LogP) is 7.13. The topological polar surface area (TPSA) is 86.5 Å². The molecule has 0 bridgehead atoms. The number of amides is 1. The molecule has 1 heterocycles. The summed E-state index contributed by atoms with van der Waals surface area (Å²) in [6.45, 7) is 0.258. The first-order valence-corrected chi connectivity index (χ1v) is 13.6. The highest BCUT2D eigenvalue weighted by atomic mass is 35.5. The number of ether oxygens (including phenoxy) is 2. The number of nitrogens with one attached hydrogen (secondary N) is 1. The van der Waals surface area contributed by atoms with Crippen molar-refractivity contribution in [3.05, 3.63) is 111 Å². The first-order chi connectivity index (χ1) is 18.9. The molecule has 1 N–H and O–H groups in total. The Bertz CT molecular complexity index is 1420. The van der Waals surface area contributed by atoms with E-state index in [1.165, 1.54) is 0 Å². The minimum Gasteiger partial charge on any atom is -0.497 e. The fourth-order valence-corrected chi connectivity index (χ4v) is 5.58. The molecule has 1 saturated carbocycles. The Kier molecular flexibility index (Phi) is 8.38. The molecule has 4 aromatic rings. The molecule has 1 aliphatic rings. The summed E-state index contributed by atoms with van der Waals surface area (Å²) >= 11 is 12.2. The van der Waals surface area contributed by atoms with Crippen molar-refractivity contribution in [2.24, 2.45) is 0 Å². The van der Waals surface area contributed by atoms with Crippen LogP contribution in [0.5, 0.6) is 5.75 Å². The summed E-state index contributed by atoms with van der Waals surface area (Å²) in [5.41, 5.74) is 2.50. The number of methoxy groups -OCH3 is 1. The number of nitrogens with zero attached hydrogens (tertiary/aromatic N) is 2. The molecular formula is C30H29Cl2N3O4. The Balaban J connectivity index is 1.26. The van der Waals surface area contributed by atoms with E-state index >= 15 is 0 Å². The van der Waals surface area contributed by atoms with Crippen molar-refractivity contribution in [1.82, 2.24) is 15.5 Å². The molecule has 0 unspecified atom stereocenters. The first-order valence-electron chi connectivity index (χ1n) is 12.8. The number of aromatic nitrogens is 2. The number of rotatable bonds is 8. The molecule has 0 spiro atoms. The molecule has 0 aliphatic heterocycles. The maximum atomic E-state index is 12.5. The fourth-order valence-electron chi connectivity index (χ4n) is 5.10. The van der Waals surface area contributed by atoms with Crippen molar-refractivity contribution in [3.63, 3.8) is 0 Å². The molecule has 1 aromatic heterocycles. The van der Waals surface area contributed by atoms with Gasteiger partial charge in [-0.15, -0.1) is 0 Å². The number of halogens is 2. The molecule has 202 valence electrons. The third-order valence-corrected chi connectivity index (χ3v) is 7.80. The van der Waals surface area contributed by atoms with Crippen molar-refractivity contribution in [2.75, 3.05) is 7.11 Å². The Morgan fingerprint density at radius 1 is 1.05 bits per heavy atom. The van der Waals surface area contributed by atoms with E-state index in [0.717, 1.165) is 35.3 Å². The highest BCUT2D eigenvalue weighted by Crippen LogP contribution is 2.44. The van der Waals surface area contributed by atoms with Gasteiger partial charge in [-0.05, 0) is 66.6 Å². The number of carbonyl (C=O) groups excluding carboxylic acids is 1. The van der Waals surface area contributed by atoms with Crippen LogP contribution in [-0.2, 0) is 23.1 Å². The predicted molar refractivity (Wildman–Crippen MR) is 149 cm³/mol. The van der Waals surface area contributed by atoms with Crippen LogP contribution in [0, 0.1) is 0 Å². The van der Waals surface area contributed by atoms with Crippen LogP contribution in [0.2, 0.25) is 10.0 Å². The zero-order valence-corrected chi connectivity index (χ0v) is 23.0. The van der Waals surface area contributed by atoms with Gasteiger partial charge in [-0.25, -0.2) is 4.79 Å². The minimum atomic E-state index is -0.474. The number of hydrogen-bond acceptors (Lipinski definition) is 6. The first kappa shape index (κ1) is 27.0. The summed E-state index contributed by atoms with van der Waals surface area (Å²) in [6.07, 6.45) is 2.60. The number of hydrogen-bond donors (Lipinski definition) is 1. The Morgan fingerprint density at radius 3 is 2.59 bits per heavy atom. The zero-order valence-electron chi connectivity index (χ0n) is 21.5. The van der Waals surface area contributed by atoms with E-state index in [4.69, 9.17) is 42.2 Å². The average Bonchev–Trinajstić information content (AvgIpc) is 3.42. The van der Waals surface area contributed by atoms with Crippen LogP contribution in [0.25, 0.3) is 0 Å². The lowest BCUT2D eigenvalue weighted by Gasteiger charge is -2.38. The Hall–Kier alpha value is -3.55. The van der Waals surface area contributed by atoms with Gasteiger partial charge in [-0.2, -0.15) is 4.98 Å². The van der Waals surface area contributed by atoms with Gasteiger partial charge in [-0.1, -0.05) is 76.9 Å². The fraction of sp³-hybridized carbons (Fsp3) is 0.300. The van der Waals surface area contributed by atoms with Crippen molar-refractivity contribution >= 4 is 29.3 Å². The summed E-state index contributed by atoms with van der Waals surface area (Å²) < 4.78 is 16.8. The van der Waals surface area contributed by atoms with E-state index in [1.54, 1.807) is 25.3 Å². The van der Waals surface area contributed by atoms with Crippen LogP contribution >= 0.6 is 23.2 Å². The van der Waals surface area contributed by atoms with Gasteiger partial charge < -0.3 is 19.3 Å².